The number of nitrogens with zero attached hydrogens (tertiary/aromatic N) is 5. The van der Waals surface area contributed by atoms with E-state index < -0.39 is 14.8 Å². The number of aryl methyl sites for hydroxylation is 1. The Hall–Kier alpha value is -2.89. The van der Waals surface area contributed by atoms with Gasteiger partial charge in [-0.1, -0.05) is 11.6 Å². The number of benzene rings is 1. The average Bonchev–Trinajstić information content (AvgIpc) is 3.26. The van der Waals surface area contributed by atoms with Gasteiger partial charge < -0.3 is 15.5 Å². The molecular formula is C24H33ClN8O2S. The first-order valence-electron chi connectivity index (χ1n) is 11.8. The van der Waals surface area contributed by atoms with E-state index in [0.29, 0.717) is 40.0 Å². The maximum Gasteiger partial charge on any atom is 0.237 e. The summed E-state index contributed by atoms with van der Waals surface area (Å²) in [5.74, 6) is 1.66. The highest BCUT2D eigenvalue weighted by molar-refractivity contribution is 7.94. The maximum atomic E-state index is 12.6. The first kappa shape index (κ1) is 26.2. The molecule has 0 spiro atoms. The van der Waals surface area contributed by atoms with Gasteiger partial charge >= 0.3 is 0 Å². The Morgan fingerprint density at radius 1 is 1.11 bits per heavy atom. The monoisotopic (exact) mass is 532 g/mol. The fourth-order valence-corrected chi connectivity index (χ4v) is 4.71. The van der Waals surface area contributed by atoms with Crippen LogP contribution in [-0.4, -0.2) is 58.0 Å². The molecule has 0 radical (unpaired) electrons. The van der Waals surface area contributed by atoms with Gasteiger partial charge in [-0.15, -0.1) is 0 Å². The number of nitrogens with one attached hydrogen (secondary N) is 3. The van der Waals surface area contributed by atoms with Crippen LogP contribution in [0.2, 0.25) is 5.02 Å². The zero-order valence-corrected chi connectivity index (χ0v) is 22.8. The van der Waals surface area contributed by atoms with Gasteiger partial charge in [0.15, 0.2) is 5.82 Å². The van der Waals surface area contributed by atoms with Crippen LogP contribution >= 0.6 is 11.6 Å². The van der Waals surface area contributed by atoms with Gasteiger partial charge in [0.1, 0.15) is 5.82 Å². The Labute approximate surface area is 217 Å². The number of hydrogen-bond acceptors (Lipinski definition) is 8. The van der Waals surface area contributed by atoms with Crippen LogP contribution in [0, 0.1) is 6.92 Å². The van der Waals surface area contributed by atoms with E-state index in [0.717, 1.165) is 31.5 Å². The van der Waals surface area contributed by atoms with Crippen LogP contribution < -0.4 is 15.4 Å². The predicted octanol–water partition coefficient (Wildman–Crippen LogP) is 4.93. The molecule has 10 nitrogen and oxygen atoms in total. The van der Waals surface area contributed by atoms with Crippen molar-refractivity contribution in [3.8, 4) is 0 Å². The third kappa shape index (κ3) is 6.08. The molecule has 0 unspecified atom stereocenters. The van der Waals surface area contributed by atoms with E-state index in [1.165, 1.54) is 0 Å². The molecule has 0 atom stereocenters. The molecule has 2 aromatic heterocycles. The summed E-state index contributed by atoms with van der Waals surface area (Å²) in [6.07, 6.45) is 5.84. The second-order valence-corrected chi connectivity index (χ2v) is 12.9. The summed E-state index contributed by atoms with van der Waals surface area (Å²) in [7, 11) is -1.49. The van der Waals surface area contributed by atoms with Crippen molar-refractivity contribution in [2.75, 3.05) is 35.5 Å². The SMILES string of the molecule is Cc1cnc(Nc2ccn(C3CCN(C)CC3)n2)nc1Nc1ccc(Cl)c(NS(=O)(=O)C(C)(C)C)c1. The van der Waals surface area contributed by atoms with Gasteiger partial charge in [-0.2, -0.15) is 10.1 Å². The van der Waals surface area contributed by atoms with E-state index in [9.17, 15) is 8.42 Å². The molecular weight excluding hydrogens is 500 g/mol. The first-order valence-corrected chi connectivity index (χ1v) is 13.7. The van der Waals surface area contributed by atoms with Gasteiger partial charge in [-0.05, 0) is 78.9 Å². The summed E-state index contributed by atoms with van der Waals surface area (Å²) >= 11 is 6.27. The molecule has 0 aliphatic carbocycles. The van der Waals surface area contributed by atoms with Gasteiger partial charge in [0.25, 0.3) is 0 Å². The van der Waals surface area contributed by atoms with Crippen LogP contribution in [0.15, 0.2) is 36.7 Å². The van der Waals surface area contributed by atoms with Crippen molar-refractivity contribution in [2.24, 2.45) is 0 Å². The normalized spacial score (nSPS) is 15.6. The molecule has 4 rings (SSSR count). The Balaban J connectivity index is 1.49. The average molecular weight is 533 g/mol. The number of likely N-dealkylation sites (tertiary alicyclic amines) is 1. The summed E-state index contributed by atoms with van der Waals surface area (Å²) in [5, 5.41) is 11.4. The van der Waals surface area contributed by atoms with E-state index in [1.807, 2.05) is 23.9 Å². The van der Waals surface area contributed by atoms with E-state index in [-0.39, 0.29) is 0 Å². The summed E-state index contributed by atoms with van der Waals surface area (Å²) in [6, 6.07) is 7.35. The summed E-state index contributed by atoms with van der Waals surface area (Å²) in [4.78, 5) is 11.3. The Morgan fingerprint density at radius 3 is 2.53 bits per heavy atom. The molecule has 1 aromatic carbocycles. The van der Waals surface area contributed by atoms with Gasteiger partial charge in [0, 0.05) is 29.7 Å². The molecule has 12 heteroatoms. The molecule has 1 aliphatic rings. The lowest BCUT2D eigenvalue weighted by Crippen LogP contribution is -2.33. The molecule has 3 N–H and O–H groups in total. The Kier molecular flexibility index (Phi) is 7.44. The fourth-order valence-electron chi connectivity index (χ4n) is 3.73. The molecule has 36 heavy (non-hydrogen) atoms. The van der Waals surface area contributed by atoms with Crippen molar-refractivity contribution >= 4 is 50.6 Å². The van der Waals surface area contributed by atoms with Crippen molar-refractivity contribution < 1.29 is 8.42 Å². The number of sulfonamides is 1. The van der Waals surface area contributed by atoms with Gasteiger partial charge in [0.2, 0.25) is 16.0 Å². The standard InChI is InChI=1S/C24H33ClN8O2S/c1-16-15-26-23(28-21-10-13-33(30-21)18-8-11-32(5)12-9-18)29-22(16)27-17-6-7-19(25)20(14-17)31-36(34,35)24(2,3)4/h6-7,10,13-15,18,31H,8-9,11-12H2,1-5H3,(H2,26,27,28,29,30). The van der Waals surface area contributed by atoms with E-state index in [4.69, 9.17) is 11.6 Å². The second-order valence-electron chi connectivity index (χ2n) is 10.1. The highest BCUT2D eigenvalue weighted by atomic mass is 35.5. The lowest BCUT2D eigenvalue weighted by Gasteiger charge is -2.28. The topological polar surface area (TPSA) is 117 Å². The number of rotatable bonds is 7. The van der Waals surface area contributed by atoms with Crippen LogP contribution in [0.5, 0.6) is 0 Å². The number of piperidine rings is 1. The molecule has 1 saturated heterocycles. The fraction of sp³-hybridized carbons (Fsp3) is 0.458. The molecule has 3 aromatic rings. The third-order valence-electron chi connectivity index (χ3n) is 6.16. The van der Waals surface area contributed by atoms with Crippen molar-refractivity contribution in [1.29, 1.82) is 0 Å². The second kappa shape index (κ2) is 10.2. The molecule has 0 saturated carbocycles. The predicted molar refractivity (Wildman–Crippen MR) is 145 cm³/mol. The van der Waals surface area contributed by atoms with Crippen molar-refractivity contribution in [3.63, 3.8) is 0 Å². The van der Waals surface area contributed by atoms with E-state index in [1.54, 1.807) is 45.2 Å². The molecule has 0 amide bonds. The lowest BCUT2D eigenvalue weighted by molar-refractivity contribution is 0.212. The summed E-state index contributed by atoms with van der Waals surface area (Å²) < 4.78 is 28.8. The Bertz CT molecular complexity index is 1330. The minimum Gasteiger partial charge on any atom is -0.340 e. The van der Waals surface area contributed by atoms with Crippen LogP contribution in [0.1, 0.15) is 45.2 Å². The van der Waals surface area contributed by atoms with E-state index >= 15 is 0 Å². The third-order valence-corrected chi connectivity index (χ3v) is 8.59. The maximum absolute atomic E-state index is 12.6. The largest absolute Gasteiger partial charge is 0.340 e. The van der Waals surface area contributed by atoms with Crippen molar-refractivity contribution in [2.45, 2.75) is 51.3 Å². The number of aromatic nitrogens is 4. The van der Waals surface area contributed by atoms with Crippen LogP contribution in [0.3, 0.4) is 0 Å². The van der Waals surface area contributed by atoms with Gasteiger partial charge in [-0.25, -0.2) is 13.4 Å². The lowest BCUT2D eigenvalue weighted by atomic mass is 10.1. The highest BCUT2D eigenvalue weighted by Gasteiger charge is 2.29. The molecule has 194 valence electrons. The molecule has 0 bridgehead atoms. The summed E-state index contributed by atoms with van der Waals surface area (Å²) in [5.41, 5.74) is 1.75. The number of hydrogen-bond donors (Lipinski definition) is 3. The molecule has 1 fully saturated rings. The summed E-state index contributed by atoms with van der Waals surface area (Å²) in [6.45, 7) is 8.89. The first-order chi connectivity index (χ1) is 16.9. The minimum atomic E-state index is -3.63. The quantitative estimate of drug-likeness (QED) is 0.392. The van der Waals surface area contributed by atoms with Crippen molar-refractivity contribution in [1.82, 2.24) is 24.6 Å². The van der Waals surface area contributed by atoms with Gasteiger partial charge in [0.05, 0.1) is 21.5 Å². The number of halogens is 1. The zero-order valence-electron chi connectivity index (χ0n) is 21.2. The van der Waals surface area contributed by atoms with Crippen LogP contribution in [-0.2, 0) is 10.0 Å². The molecule has 3 heterocycles. The Morgan fingerprint density at radius 2 is 1.83 bits per heavy atom. The van der Waals surface area contributed by atoms with Crippen LogP contribution in [0.25, 0.3) is 0 Å². The smallest absolute Gasteiger partial charge is 0.237 e. The van der Waals surface area contributed by atoms with Crippen molar-refractivity contribution in [3.05, 3.63) is 47.2 Å². The number of anilines is 5. The zero-order chi connectivity index (χ0) is 26.1. The molecule has 1 aliphatic heterocycles. The minimum absolute atomic E-state index is 0.293. The van der Waals surface area contributed by atoms with Gasteiger partial charge in [-0.3, -0.25) is 9.40 Å². The van der Waals surface area contributed by atoms with Crippen LogP contribution in [0.4, 0.5) is 29.0 Å². The van der Waals surface area contributed by atoms with E-state index in [2.05, 4.69) is 42.4 Å². The highest BCUT2D eigenvalue weighted by Crippen LogP contribution is 2.31.